The zero-order valence-corrected chi connectivity index (χ0v) is 13.7. The van der Waals surface area contributed by atoms with E-state index in [1.54, 1.807) is 16.7 Å². The number of rotatable bonds is 2. The monoisotopic (exact) mass is 329 g/mol. The van der Waals surface area contributed by atoms with E-state index < -0.39 is 0 Å². The van der Waals surface area contributed by atoms with Crippen LogP contribution in [0.15, 0.2) is 53.3 Å². The molecule has 1 aliphatic rings. The standard InChI is InChI=1S/C20H15N3O2/c1-25-19-11-18-17-6-5-15(14-4-2-3-13(9-14)12-21)10-16(17)7-8-23(18)20(24)22-19/h2-6,9-11H,7-8H2,1H3. The molecule has 0 amide bonds. The Morgan fingerprint density at radius 1 is 1.16 bits per heavy atom. The third-order valence-electron chi connectivity index (χ3n) is 4.51. The number of aryl methyl sites for hydroxylation is 1. The van der Waals surface area contributed by atoms with Crippen molar-refractivity contribution >= 4 is 0 Å². The van der Waals surface area contributed by atoms with Crippen LogP contribution in [-0.4, -0.2) is 16.7 Å². The Morgan fingerprint density at radius 3 is 2.80 bits per heavy atom. The van der Waals surface area contributed by atoms with Crippen LogP contribution in [-0.2, 0) is 13.0 Å². The molecule has 122 valence electrons. The highest BCUT2D eigenvalue weighted by molar-refractivity contribution is 5.74. The first-order valence-electron chi connectivity index (χ1n) is 7.99. The molecule has 0 bridgehead atoms. The average molecular weight is 329 g/mol. The lowest BCUT2D eigenvalue weighted by molar-refractivity contribution is 0.392. The largest absolute Gasteiger partial charge is 0.481 e. The average Bonchev–Trinajstić information content (AvgIpc) is 2.67. The minimum Gasteiger partial charge on any atom is -0.481 e. The second-order valence-electron chi connectivity index (χ2n) is 5.93. The quantitative estimate of drug-likeness (QED) is 0.725. The maximum absolute atomic E-state index is 12.2. The van der Waals surface area contributed by atoms with E-state index in [0.717, 1.165) is 28.8 Å². The normalized spacial score (nSPS) is 12.0. The van der Waals surface area contributed by atoms with Crippen LogP contribution < -0.4 is 10.4 Å². The van der Waals surface area contributed by atoms with E-state index in [-0.39, 0.29) is 5.69 Å². The molecule has 25 heavy (non-hydrogen) atoms. The number of hydrogen-bond donors (Lipinski definition) is 0. The first kappa shape index (κ1) is 15.2. The molecule has 0 unspecified atom stereocenters. The molecule has 0 aliphatic carbocycles. The smallest absolute Gasteiger partial charge is 0.351 e. The van der Waals surface area contributed by atoms with Gasteiger partial charge in [0.25, 0.3) is 0 Å². The molecule has 4 rings (SSSR count). The van der Waals surface area contributed by atoms with E-state index in [1.807, 2.05) is 30.3 Å². The number of nitrogens with zero attached hydrogens (tertiary/aromatic N) is 3. The molecule has 0 saturated heterocycles. The summed E-state index contributed by atoms with van der Waals surface area (Å²) in [4.78, 5) is 16.1. The van der Waals surface area contributed by atoms with Crippen LogP contribution in [0, 0.1) is 11.3 Å². The Bertz CT molecular complexity index is 1080. The lowest BCUT2D eigenvalue weighted by atomic mass is 9.93. The number of hydrogen-bond acceptors (Lipinski definition) is 4. The fraction of sp³-hybridized carbons (Fsp3) is 0.150. The summed E-state index contributed by atoms with van der Waals surface area (Å²) in [6.45, 7) is 0.597. The van der Waals surface area contributed by atoms with Gasteiger partial charge in [-0.05, 0) is 35.2 Å². The van der Waals surface area contributed by atoms with Crippen molar-refractivity contribution in [2.75, 3.05) is 7.11 Å². The summed E-state index contributed by atoms with van der Waals surface area (Å²) in [6, 6.07) is 17.7. The van der Waals surface area contributed by atoms with Crippen LogP contribution >= 0.6 is 0 Å². The molecule has 1 aliphatic heterocycles. The van der Waals surface area contributed by atoms with Gasteiger partial charge in [-0.2, -0.15) is 10.2 Å². The van der Waals surface area contributed by atoms with Crippen LogP contribution in [0.1, 0.15) is 11.1 Å². The SMILES string of the molecule is COc1cc2n(c(=O)n1)CCc1cc(-c3cccc(C#N)c3)ccc1-2. The topological polar surface area (TPSA) is 67.9 Å². The molecule has 0 atom stereocenters. The Hall–Kier alpha value is -3.39. The van der Waals surface area contributed by atoms with E-state index in [9.17, 15) is 4.79 Å². The van der Waals surface area contributed by atoms with Gasteiger partial charge in [-0.3, -0.25) is 4.57 Å². The highest BCUT2D eigenvalue weighted by Crippen LogP contribution is 2.33. The zero-order chi connectivity index (χ0) is 17.4. The second kappa shape index (κ2) is 5.91. The lowest BCUT2D eigenvalue weighted by Crippen LogP contribution is -2.28. The Kier molecular flexibility index (Phi) is 3.58. The fourth-order valence-corrected chi connectivity index (χ4v) is 3.26. The predicted molar refractivity (Wildman–Crippen MR) is 94.3 cm³/mol. The number of benzene rings is 2. The minimum absolute atomic E-state index is 0.286. The van der Waals surface area contributed by atoms with E-state index >= 15 is 0 Å². The van der Waals surface area contributed by atoms with E-state index in [0.29, 0.717) is 18.0 Å². The van der Waals surface area contributed by atoms with Gasteiger partial charge in [0.1, 0.15) is 0 Å². The van der Waals surface area contributed by atoms with Crippen molar-refractivity contribution in [2.24, 2.45) is 0 Å². The number of ether oxygens (including phenoxy) is 1. The Labute approximate surface area is 144 Å². The molecule has 5 nitrogen and oxygen atoms in total. The summed E-state index contributed by atoms with van der Waals surface area (Å²) in [7, 11) is 1.51. The zero-order valence-electron chi connectivity index (χ0n) is 13.7. The van der Waals surface area contributed by atoms with Crippen molar-refractivity contribution in [2.45, 2.75) is 13.0 Å². The van der Waals surface area contributed by atoms with Gasteiger partial charge >= 0.3 is 5.69 Å². The third-order valence-corrected chi connectivity index (χ3v) is 4.51. The van der Waals surface area contributed by atoms with Crippen molar-refractivity contribution in [3.8, 4) is 34.3 Å². The molecule has 0 saturated carbocycles. The summed E-state index contributed by atoms with van der Waals surface area (Å²) in [6.07, 6.45) is 0.766. The second-order valence-corrected chi connectivity index (χ2v) is 5.93. The Balaban J connectivity index is 1.84. The molecular weight excluding hydrogens is 314 g/mol. The van der Waals surface area contributed by atoms with Gasteiger partial charge in [0.2, 0.25) is 5.88 Å². The molecule has 0 fully saturated rings. The number of methoxy groups -OCH3 is 1. The van der Waals surface area contributed by atoms with Crippen LogP contribution in [0.2, 0.25) is 0 Å². The van der Waals surface area contributed by atoms with Gasteiger partial charge in [0, 0.05) is 18.2 Å². The molecule has 0 spiro atoms. The fourth-order valence-electron chi connectivity index (χ4n) is 3.26. The molecule has 2 heterocycles. The van der Waals surface area contributed by atoms with Gasteiger partial charge in [0.05, 0.1) is 24.4 Å². The van der Waals surface area contributed by atoms with Gasteiger partial charge in [0.15, 0.2) is 0 Å². The van der Waals surface area contributed by atoms with Crippen LogP contribution in [0.25, 0.3) is 22.4 Å². The number of nitriles is 1. The highest BCUT2D eigenvalue weighted by atomic mass is 16.5. The summed E-state index contributed by atoms with van der Waals surface area (Å²) < 4.78 is 6.82. The molecule has 2 aromatic carbocycles. The molecule has 1 aromatic heterocycles. The maximum atomic E-state index is 12.2. The lowest BCUT2D eigenvalue weighted by Gasteiger charge is -2.22. The van der Waals surface area contributed by atoms with Gasteiger partial charge in [-0.15, -0.1) is 0 Å². The first-order valence-corrected chi connectivity index (χ1v) is 7.99. The first-order chi connectivity index (χ1) is 12.2. The van der Waals surface area contributed by atoms with Crippen molar-refractivity contribution in [3.63, 3.8) is 0 Å². The third kappa shape index (κ3) is 2.58. The van der Waals surface area contributed by atoms with Gasteiger partial charge in [-0.1, -0.05) is 30.3 Å². The van der Waals surface area contributed by atoms with Crippen molar-refractivity contribution in [1.82, 2.24) is 9.55 Å². The number of fused-ring (bicyclic) bond motifs is 3. The van der Waals surface area contributed by atoms with Gasteiger partial charge < -0.3 is 4.74 Å². The maximum Gasteiger partial charge on any atom is 0.351 e. The summed E-state index contributed by atoms with van der Waals surface area (Å²) in [5.74, 6) is 0.329. The molecule has 5 heteroatoms. The Morgan fingerprint density at radius 2 is 2.00 bits per heavy atom. The van der Waals surface area contributed by atoms with Crippen LogP contribution in [0.5, 0.6) is 5.88 Å². The van der Waals surface area contributed by atoms with Crippen molar-refractivity contribution in [1.29, 1.82) is 5.26 Å². The van der Waals surface area contributed by atoms with E-state index in [1.165, 1.54) is 12.7 Å². The van der Waals surface area contributed by atoms with Crippen LogP contribution in [0.4, 0.5) is 0 Å². The summed E-state index contributed by atoms with van der Waals surface area (Å²) in [5.41, 5.74) is 5.45. The van der Waals surface area contributed by atoms with Gasteiger partial charge in [-0.25, -0.2) is 4.79 Å². The minimum atomic E-state index is -0.286. The molecular formula is C20H15N3O2. The highest BCUT2D eigenvalue weighted by Gasteiger charge is 2.19. The molecule has 0 radical (unpaired) electrons. The van der Waals surface area contributed by atoms with Crippen molar-refractivity contribution in [3.05, 3.63) is 70.1 Å². The summed E-state index contributed by atoms with van der Waals surface area (Å²) >= 11 is 0. The molecule has 0 N–H and O–H groups in total. The summed E-state index contributed by atoms with van der Waals surface area (Å²) in [5, 5.41) is 9.09. The van der Waals surface area contributed by atoms with E-state index in [4.69, 9.17) is 10.00 Å². The predicted octanol–water partition coefficient (Wildman–Crippen LogP) is 3.01. The number of aromatic nitrogens is 2. The molecule has 3 aromatic rings. The van der Waals surface area contributed by atoms with Crippen LogP contribution in [0.3, 0.4) is 0 Å². The van der Waals surface area contributed by atoms with E-state index in [2.05, 4.69) is 17.1 Å². The van der Waals surface area contributed by atoms with Crippen molar-refractivity contribution < 1.29 is 4.74 Å².